The number of aliphatic hydroxyl groups is 1. The quantitative estimate of drug-likeness (QED) is 0.0222. The third-order valence-electron chi connectivity index (χ3n) is 21.8. The average molecular weight is 1620 g/mol. The Bertz CT molecular complexity index is 2100. The smallest absolute Gasteiger partial charge is 0.462 e. The van der Waals surface area contributed by atoms with Crippen molar-refractivity contribution < 1.29 is 80.2 Å². The van der Waals surface area contributed by atoms with E-state index in [0.717, 1.165) is 95.8 Å². The van der Waals surface area contributed by atoms with Crippen molar-refractivity contribution in [1.82, 2.24) is 0 Å². The molecule has 5 atom stereocenters. The third kappa shape index (κ3) is 85.8. The molecule has 0 aliphatic carbocycles. The molecule has 111 heavy (non-hydrogen) atoms. The van der Waals surface area contributed by atoms with Gasteiger partial charge in [0, 0.05) is 25.7 Å². The van der Waals surface area contributed by atoms with E-state index in [1.807, 2.05) is 0 Å². The summed E-state index contributed by atoms with van der Waals surface area (Å²) in [5, 5.41) is 10.7. The van der Waals surface area contributed by atoms with E-state index < -0.39 is 97.5 Å². The Labute approximate surface area is 683 Å². The summed E-state index contributed by atoms with van der Waals surface area (Å²) in [7, 11) is -9.93. The SMILES string of the molecule is CCCCCCCCCCCCCCCCCCCCCCCC(=O)OC[C@H](COP(=O)(O)OC[C@@H](O)COP(=O)(O)OC[C@@H](COC(=O)CCCCCCCCCCCC)OC(=O)CCCCCCCCCCCCCCCCCCC(C)C)OC(=O)CCCCCCCCCCCCCCCCCCCCCCC. The molecule has 19 heteroatoms. The molecule has 0 heterocycles. The lowest BCUT2D eigenvalue weighted by Gasteiger charge is -2.21. The molecular formula is C92H180O17P2. The number of ether oxygens (including phenoxy) is 4. The third-order valence-corrected chi connectivity index (χ3v) is 23.7. The van der Waals surface area contributed by atoms with Gasteiger partial charge in [-0.3, -0.25) is 37.3 Å². The number of rotatable bonds is 92. The van der Waals surface area contributed by atoms with Gasteiger partial charge in [0.2, 0.25) is 0 Å². The molecule has 0 rings (SSSR count). The molecule has 0 aliphatic heterocycles. The van der Waals surface area contributed by atoms with Crippen LogP contribution >= 0.6 is 15.6 Å². The Balaban J connectivity index is 5.21. The Hall–Kier alpha value is -1.94. The fourth-order valence-electron chi connectivity index (χ4n) is 14.5. The van der Waals surface area contributed by atoms with Crippen LogP contribution in [-0.2, 0) is 65.4 Å². The lowest BCUT2D eigenvalue weighted by molar-refractivity contribution is -0.161. The molecule has 0 fully saturated rings. The monoisotopic (exact) mass is 1620 g/mol. The second-order valence-electron chi connectivity index (χ2n) is 33.5. The Morgan fingerprint density at radius 2 is 0.414 bits per heavy atom. The van der Waals surface area contributed by atoms with Crippen LogP contribution in [0.4, 0.5) is 0 Å². The Kier molecular flexibility index (Phi) is 83.0. The van der Waals surface area contributed by atoms with Crippen LogP contribution in [0.5, 0.6) is 0 Å². The van der Waals surface area contributed by atoms with Gasteiger partial charge in [-0.15, -0.1) is 0 Å². The fraction of sp³-hybridized carbons (Fsp3) is 0.957. The molecule has 0 saturated carbocycles. The molecule has 0 aliphatic rings. The van der Waals surface area contributed by atoms with E-state index in [1.54, 1.807) is 0 Å². The maximum absolute atomic E-state index is 13.2. The van der Waals surface area contributed by atoms with E-state index >= 15 is 0 Å². The van der Waals surface area contributed by atoms with E-state index in [4.69, 9.17) is 37.0 Å². The van der Waals surface area contributed by atoms with Gasteiger partial charge in [0.25, 0.3) is 0 Å². The highest BCUT2D eigenvalue weighted by molar-refractivity contribution is 7.47. The fourth-order valence-corrected chi connectivity index (χ4v) is 16.1. The molecule has 0 bridgehead atoms. The van der Waals surface area contributed by atoms with Gasteiger partial charge in [-0.05, 0) is 31.6 Å². The number of carbonyl (C=O) groups excluding carboxylic acids is 4. The first-order valence-corrected chi connectivity index (χ1v) is 50.6. The zero-order valence-corrected chi connectivity index (χ0v) is 74.9. The summed E-state index contributed by atoms with van der Waals surface area (Å²) in [6.45, 7) is 7.42. The zero-order valence-electron chi connectivity index (χ0n) is 73.1. The van der Waals surface area contributed by atoms with Crippen molar-refractivity contribution in [2.45, 2.75) is 522 Å². The topological polar surface area (TPSA) is 237 Å². The first-order valence-electron chi connectivity index (χ1n) is 47.6. The van der Waals surface area contributed by atoms with Crippen molar-refractivity contribution in [3.63, 3.8) is 0 Å². The Morgan fingerprint density at radius 1 is 0.243 bits per heavy atom. The number of hydrogen-bond acceptors (Lipinski definition) is 15. The highest BCUT2D eigenvalue weighted by Crippen LogP contribution is 2.45. The number of phosphoric acid groups is 2. The van der Waals surface area contributed by atoms with E-state index in [-0.39, 0.29) is 25.7 Å². The lowest BCUT2D eigenvalue weighted by Crippen LogP contribution is -2.30. The van der Waals surface area contributed by atoms with Crippen LogP contribution in [0.15, 0.2) is 0 Å². The summed E-state index contributed by atoms with van der Waals surface area (Å²) < 4.78 is 69.1. The van der Waals surface area contributed by atoms with Crippen LogP contribution in [0.25, 0.3) is 0 Å². The van der Waals surface area contributed by atoms with E-state index in [1.165, 1.54) is 327 Å². The Morgan fingerprint density at radius 3 is 0.613 bits per heavy atom. The molecule has 660 valence electrons. The lowest BCUT2D eigenvalue weighted by atomic mass is 10.0. The van der Waals surface area contributed by atoms with Crippen LogP contribution in [0.2, 0.25) is 0 Å². The van der Waals surface area contributed by atoms with Crippen molar-refractivity contribution in [3.8, 4) is 0 Å². The number of aliphatic hydroxyl groups excluding tert-OH is 1. The van der Waals surface area contributed by atoms with Crippen LogP contribution in [0.1, 0.15) is 503 Å². The van der Waals surface area contributed by atoms with Crippen molar-refractivity contribution in [1.29, 1.82) is 0 Å². The summed E-state index contributed by atoms with van der Waals surface area (Å²) in [5.41, 5.74) is 0. The summed E-state index contributed by atoms with van der Waals surface area (Å²) in [6.07, 6.45) is 80.7. The molecule has 0 aromatic rings. The zero-order chi connectivity index (χ0) is 81.1. The predicted molar refractivity (Wildman–Crippen MR) is 460 cm³/mol. The number of phosphoric ester groups is 2. The minimum absolute atomic E-state index is 0.109. The molecule has 17 nitrogen and oxygen atoms in total. The molecule has 0 radical (unpaired) electrons. The summed E-state index contributed by atoms with van der Waals surface area (Å²) >= 11 is 0. The van der Waals surface area contributed by atoms with Crippen LogP contribution < -0.4 is 0 Å². The molecular weight excluding hydrogens is 1440 g/mol. The normalized spacial score (nSPS) is 13.7. The largest absolute Gasteiger partial charge is 0.472 e. The van der Waals surface area contributed by atoms with Gasteiger partial charge in [-0.2, -0.15) is 0 Å². The summed E-state index contributed by atoms with van der Waals surface area (Å²) in [4.78, 5) is 73.4. The molecule has 0 amide bonds. The van der Waals surface area contributed by atoms with Gasteiger partial charge in [-0.1, -0.05) is 452 Å². The van der Waals surface area contributed by atoms with E-state index in [9.17, 15) is 43.2 Å². The van der Waals surface area contributed by atoms with Crippen molar-refractivity contribution >= 4 is 39.5 Å². The standard InChI is InChI=1S/C92H180O17P2/c1-6-9-12-15-18-21-24-26-28-30-32-34-36-38-43-47-51-56-61-66-71-76-90(95)103-82-88(109-92(97)77-72-67-62-57-52-48-44-39-37-35-33-31-29-27-25-22-19-16-13-10-7-2)84-107-111(100,101)105-80-86(93)79-104-110(98,99)106-83-87(81-102-89(94)75-70-65-60-55-23-20-17-14-11-8-3)108-91(96)78-73-68-63-58-53-49-45-41-40-42-46-50-54-59-64-69-74-85(4)5/h85-88,93H,6-84H2,1-5H3,(H,98,99)(H,100,101)/t86-,87+,88+/m0/s1. The molecule has 3 N–H and O–H groups in total. The summed E-state index contributed by atoms with van der Waals surface area (Å²) in [5.74, 6) is -1.28. The average Bonchev–Trinajstić information content (AvgIpc) is 0.898. The van der Waals surface area contributed by atoms with Crippen molar-refractivity contribution in [3.05, 3.63) is 0 Å². The van der Waals surface area contributed by atoms with Crippen molar-refractivity contribution in [2.75, 3.05) is 39.6 Å². The number of carbonyl (C=O) groups is 4. The van der Waals surface area contributed by atoms with Gasteiger partial charge < -0.3 is 33.8 Å². The maximum Gasteiger partial charge on any atom is 0.472 e. The minimum Gasteiger partial charge on any atom is -0.462 e. The minimum atomic E-state index is -4.97. The van der Waals surface area contributed by atoms with Gasteiger partial charge in [-0.25, -0.2) is 9.13 Å². The molecule has 0 aromatic carbocycles. The molecule has 0 aromatic heterocycles. The number of unbranched alkanes of at least 4 members (excludes halogenated alkanes) is 64. The second-order valence-corrected chi connectivity index (χ2v) is 36.4. The van der Waals surface area contributed by atoms with Crippen LogP contribution in [-0.4, -0.2) is 96.7 Å². The molecule has 0 spiro atoms. The van der Waals surface area contributed by atoms with Gasteiger partial charge in [0.15, 0.2) is 12.2 Å². The second kappa shape index (κ2) is 84.5. The molecule has 0 saturated heterocycles. The van der Waals surface area contributed by atoms with Crippen LogP contribution in [0, 0.1) is 5.92 Å². The highest BCUT2D eigenvalue weighted by atomic mass is 31.2. The predicted octanol–water partition coefficient (Wildman–Crippen LogP) is 28.7. The van der Waals surface area contributed by atoms with Crippen molar-refractivity contribution in [2.24, 2.45) is 5.92 Å². The van der Waals surface area contributed by atoms with E-state index in [0.29, 0.717) is 25.7 Å². The molecule has 2 unspecified atom stereocenters. The van der Waals surface area contributed by atoms with E-state index in [2.05, 4.69) is 34.6 Å². The van der Waals surface area contributed by atoms with Gasteiger partial charge in [0.1, 0.15) is 19.3 Å². The summed E-state index contributed by atoms with van der Waals surface area (Å²) in [6, 6.07) is 0. The first-order chi connectivity index (χ1) is 54.0. The van der Waals surface area contributed by atoms with Crippen LogP contribution in [0.3, 0.4) is 0 Å². The first kappa shape index (κ1) is 109. The number of esters is 4. The van der Waals surface area contributed by atoms with Gasteiger partial charge in [0.05, 0.1) is 26.4 Å². The van der Waals surface area contributed by atoms with Gasteiger partial charge >= 0.3 is 39.5 Å². The highest BCUT2D eigenvalue weighted by Gasteiger charge is 2.31. The maximum atomic E-state index is 13.2. The number of hydrogen-bond donors (Lipinski definition) is 3.